The van der Waals surface area contributed by atoms with Crippen LogP contribution in [-0.2, 0) is 11.8 Å². The Bertz CT molecular complexity index is 825. The molecule has 1 aromatic heterocycles. The monoisotopic (exact) mass is 326 g/mol. The van der Waals surface area contributed by atoms with Crippen LogP contribution in [0.25, 0.3) is 10.8 Å². The average Bonchev–Trinajstić information content (AvgIpc) is 2.99. The first kappa shape index (κ1) is 15.6. The number of aryl methyl sites for hydroxylation is 1. The quantitative estimate of drug-likeness (QED) is 0.676. The van der Waals surface area contributed by atoms with Crippen LogP contribution in [0.5, 0.6) is 0 Å². The van der Waals surface area contributed by atoms with Crippen molar-refractivity contribution in [2.24, 2.45) is 7.05 Å². The third kappa shape index (κ3) is 3.22. The lowest BCUT2D eigenvalue weighted by Gasteiger charge is -2.22. The van der Waals surface area contributed by atoms with Gasteiger partial charge in [0.15, 0.2) is 5.16 Å². The van der Waals surface area contributed by atoms with E-state index < -0.39 is 0 Å². The third-order valence-electron chi connectivity index (χ3n) is 3.67. The molecule has 0 unspecified atom stereocenters. The van der Waals surface area contributed by atoms with Gasteiger partial charge in [0.1, 0.15) is 6.33 Å². The van der Waals surface area contributed by atoms with Gasteiger partial charge in [0, 0.05) is 19.0 Å². The van der Waals surface area contributed by atoms with Crippen LogP contribution in [-0.4, -0.2) is 33.0 Å². The van der Waals surface area contributed by atoms with Gasteiger partial charge >= 0.3 is 0 Å². The number of fused-ring (bicyclic) bond motifs is 1. The van der Waals surface area contributed by atoms with Gasteiger partial charge in [-0.2, -0.15) is 0 Å². The van der Waals surface area contributed by atoms with Crippen LogP contribution in [0.15, 0.2) is 53.9 Å². The first-order chi connectivity index (χ1) is 11.2. The number of carbonyl (C=O) groups excluding carboxylic acids is 1. The van der Waals surface area contributed by atoms with Crippen LogP contribution in [0.2, 0.25) is 0 Å². The molecule has 0 spiro atoms. The molecule has 0 atom stereocenters. The molecule has 0 saturated carbocycles. The van der Waals surface area contributed by atoms with Crippen molar-refractivity contribution in [3.8, 4) is 0 Å². The smallest absolute Gasteiger partial charge is 0.237 e. The Morgan fingerprint density at radius 3 is 2.74 bits per heavy atom. The number of anilines is 1. The van der Waals surface area contributed by atoms with E-state index in [1.54, 1.807) is 6.33 Å². The molecule has 0 bridgehead atoms. The van der Waals surface area contributed by atoms with Crippen molar-refractivity contribution in [1.29, 1.82) is 0 Å². The lowest BCUT2D eigenvalue weighted by atomic mass is 10.1. The Balaban J connectivity index is 1.83. The maximum absolute atomic E-state index is 12.7. The number of aromatic nitrogens is 3. The lowest BCUT2D eigenvalue weighted by Crippen LogP contribution is -2.32. The summed E-state index contributed by atoms with van der Waals surface area (Å²) in [6.07, 6.45) is 1.63. The highest BCUT2D eigenvalue weighted by Crippen LogP contribution is 2.27. The SMILES string of the molecule is CCN(C(=O)CSc1nncn1C)c1cccc2ccccc12. The zero-order chi connectivity index (χ0) is 16.2. The third-order valence-corrected chi connectivity index (χ3v) is 4.69. The second-order valence-electron chi connectivity index (χ2n) is 5.15. The molecule has 0 saturated heterocycles. The van der Waals surface area contributed by atoms with E-state index in [0.717, 1.165) is 21.6 Å². The molecule has 1 heterocycles. The summed E-state index contributed by atoms with van der Waals surface area (Å²) in [5, 5.41) is 10.8. The number of carbonyl (C=O) groups is 1. The number of amides is 1. The molecular formula is C17H18N4OS. The van der Waals surface area contributed by atoms with Crippen molar-refractivity contribution >= 4 is 34.1 Å². The first-order valence-corrected chi connectivity index (χ1v) is 8.44. The van der Waals surface area contributed by atoms with E-state index in [2.05, 4.69) is 28.4 Å². The number of thioether (sulfide) groups is 1. The topological polar surface area (TPSA) is 51.0 Å². The number of hydrogen-bond donors (Lipinski definition) is 0. The van der Waals surface area contributed by atoms with Gasteiger partial charge in [-0.1, -0.05) is 48.2 Å². The summed E-state index contributed by atoms with van der Waals surface area (Å²) in [5.74, 6) is 0.403. The predicted octanol–water partition coefficient (Wildman–Crippen LogP) is 3.11. The van der Waals surface area contributed by atoms with Crippen LogP contribution in [0, 0.1) is 0 Å². The van der Waals surface area contributed by atoms with E-state index in [1.165, 1.54) is 11.8 Å². The van der Waals surface area contributed by atoms with E-state index in [1.807, 2.05) is 47.7 Å². The van der Waals surface area contributed by atoms with Crippen LogP contribution in [0.3, 0.4) is 0 Å². The highest BCUT2D eigenvalue weighted by molar-refractivity contribution is 7.99. The van der Waals surface area contributed by atoms with Gasteiger partial charge in [0.25, 0.3) is 0 Å². The summed E-state index contributed by atoms with van der Waals surface area (Å²) in [5.41, 5.74) is 0.953. The number of nitrogens with zero attached hydrogens (tertiary/aromatic N) is 4. The molecule has 0 radical (unpaired) electrons. The minimum absolute atomic E-state index is 0.0665. The Hall–Kier alpha value is -2.34. The number of hydrogen-bond acceptors (Lipinski definition) is 4. The normalized spacial score (nSPS) is 10.9. The molecule has 1 amide bonds. The number of rotatable bonds is 5. The molecule has 6 heteroatoms. The summed E-state index contributed by atoms with van der Waals surface area (Å²) in [4.78, 5) is 14.5. The molecule has 0 aliphatic carbocycles. The van der Waals surface area contributed by atoms with Crippen molar-refractivity contribution < 1.29 is 4.79 Å². The van der Waals surface area contributed by atoms with Gasteiger partial charge in [0.2, 0.25) is 5.91 Å². The van der Waals surface area contributed by atoms with Crippen LogP contribution in [0.1, 0.15) is 6.92 Å². The second kappa shape index (κ2) is 6.83. The van der Waals surface area contributed by atoms with Gasteiger partial charge in [0.05, 0.1) is 11.4 Å². The van der Waals surface area contributed by atoms with Gasteiger partial charge in [-0.15, -0.1) is 10.2 Å². The molecule has 5 nitrogen and oxygen atoms in total. The van der Waals surface area contributed by atoms with E-state index in [-0.39, 0.29) is 5.91 Å². The summed E-state index contributed by atoms with van der Waals surface area (Å²) < 4.78 is 1.81. The fourth-order valence-electron chi connectivity index (χ4n) is 2.53. The molecular weight excluding hydrogens is 308 g/mol. The molecule has 0 N–H and O–H groups in total. The fourth-order valence-corrected chi connectivity index (χ4v) is 3.30. The Morgan fingerprint density at radius 1 is 1.22 bits per heavy atom. The van der Waals surface area contributed by atoms with Crippen LogP contribution in [0.4, 0.5) is 5.69 Å². The molecule has 3 aromatic rings. The minimum atomic E-state index is 0.0665. The molecule has 0 aliphatic rings. The van der Waals surface area contributed by atoms with Gasteiger partial charge < -0.3 is 9.47 Å². The van der Waals surface area contributed by atoms with E-state index in [4.69, 9.17) is 0 Å². The van der Waals surface area contributed by atoms with Crippen LogP contribution < -0.4 is 4.90 Å². The molecule has 118 valence electrons. The van der Waals surface area contributed by atoms with E-state index in [0.29, 0.717) is 12.3 Å². The largest absolute Gasteiger partial charge is 0.312 e. The molecule has 0 fully saturated rings. The zero-order valence-electron chi connectivity index (χ0n) is 13.1. The average molecular weight is 326 g/mol. The second-order valence-corrected chi connectivity index (χ2v) is 6.09. The zero-order valence-corrected chi connectivity index (χ0v) is 14.0. The van der Waals surface area contributed by atoms with E-state index in [9.17, 15) is 4.79 Å². The Labute approximate surface area is 139 Å². The summed E-state index contributed by atoms with van der Waals surface area (Å²) in [6.45, 7) is 2.62. The highest BCUT2D eigenvalue weighted by atomic mass is 32.2. The molecule has 2 aromatic carbocycles. The highest BCUT2D eigenvalue weighted by Gasteiger charge is 2.17. The van der Waals surface area contributed by atoms with Crippen molar-refractivity contribution in [3.05, 3.63) is 48.8 Å². The van der Waals surface area contributed by atoms with Gasteiger partial charge in [-0.3, -0.25) is 4.79 Å². The molecule has 3 rings (SSSR count). The summed E-state index contributed by atoms with van der Waals surface area (Å²) in [6, 6.07) is 14.2. The minimum Gasteiger partial charge on any atom is -0.312 e. The Morgan fingerprint density at radius 2 is 2.00 bits per heavy atom. The van der Waals surface area contributed by atoms with E-state index >= 15 is 0 Å². The summed E-state index contributed by atoms with van der Waals surface area (Å²) >= 11 is 1.40. The molecule has 0 aliphatic heterocycles. The Kier molecular flexibility index (Phi) is 4.62. The summed E-state index contributed by atoms with van der Waals surface area (Å²) in [7, 11) is 1.87. The predicted molar refractivity (Wildman–Crippen MR) is 93.7 cm³/mol. The number of benzene rings is 2. The molecule has 23 heavy (non-hydrogen) atoms. The first-order valence-electron chi connectivity index (χ1n) is 7.45. The standard InChI is InChI=1S/C17H18N4OS/c1-3-21(16(22)11-23-17-19-18-12-20(17)2)15-10-6-8-13-7-4-5-9-14(13)15/h4-10,12H,3,11H2,1-2H3. The van der Waals surface area contributed by atoms with Crippen molar-refractivity contribution in [2.45, 2.75) is 12.1 Å². The van der Waals surface area contributed by atoms with Gasteiger partial charge in [-0.05, 0) is 18.4 Å². The maximum Gasteiger partial charge on any atom is 0.237 e. The van der Waals surface area contributed by atoms with Crippen LogP contribution >= 0.6 is 11.8 Å². The lowest BCUT2D eigenvalue weighted by molar-refractivity contribution is -0.116. The fraction of sp³-hybridized carbons (Fsp3) is 0.235. The van der Waals surface area contributed by atoms with Crippen molar-refractivity contribution in [3.63, 3.8) is 0 Å². The van der Waals surface area contributed by atoms with Crippen molar-refractivity contribution in [1.82, 2.24) is 14.8 Å². The van der Waals surface area contributed by atoms with Gasteiger partial charge in [-0.25, -0.2) is 0 Å². The maximum atomic E-state index is 12.7. The van der Waals surface area contributed by atoms with Crippen molar-refractivity contribution in [2.75, 3.05) is 17.2 Å².